The molecule has 8 heteroatoms. The van der Waals surface area contributed by atoms with Gasteiger partial charge < -0.3 is 14.2 Å². The molecule has 2 aromatic carbocycles. The van der Waals surface area contributed by atoms with Gasteiger partial charge in [-0.05, 0) is 48.9 Å². The topological polar surface area (TPSA) is 68.5 Å². The average molecular weight is 401 g/mol. The lowest BCUT2D eigenvalue weighted by Gasteiger charge is -2.25. The molecule has 3 aromatic rings. The first kappa shape index (κ1) is 20.4. The van der Waals surface area contributed by atoms with Crippen LogP contribution in [0, 0.1) is 11.6 Å². The van der Waals surface area contributed by atoms with Crippen LogP contribution in [-0.4, -0.2) is 35.1 Å². The molecule has 152 valence electrons. The van der Waals surface area contributed by atoms with Crippen LogP contribution in [-0.2, 0) is 11.2 Å². The molecular weight excluding hydrogens is 380 g/mol. The number of hydrogen-bond acceptors (Lipinski definition) is 5. The van der Waals surface area contributed by atoms with E-state index in [1.807, 2.05) is 12.1 Å². The van der Waals surface area contributed by atoms with Crippen LogP contribution in [0.4, 0.5) is 8.78 Å². The minimum atomic E-state index is -0.938. The van der Waals surface area contributed by atoms with Gasteiger partial charge in [0.25, 0.3) is 0 Å². The molecule has 0 fully saturated rings. The average Bonchev–Trinajstić information content (AvgIpc) is 3.22. The fourth-order valence-electron chi connectivity index (χ4n) is 2.82. The second-order valence-electron chi connectivity index (χ2n) is 6.59. The Labute approximate surface area is 167 Å². The Balaban J connectivity index is 1.59. The van der Waals surface area contributed by atoms with Crippen LogP contribution in [0.15, 0.2) is 47.0 Å². The molecule has 1 atom stereocenters. The van der Waals surface area contributed by atoms with Gasteiger partial charge in [0.05, 0.1) is 13.2 Å². The number of hydrogen-bond donors (Lipinski definition) is 0. The fraction of sp³-hybridized carbons (Fsp3) is 0.286. The number of rotatable bonds is 7. The molecule has 1 aromatic heterocycles. The quantitative estimate of drug-likeness (QED) is 0.594. The molecule has 0 radical (unpaired) electrons. The first-order chi connectivity index (χ1) is 13.9. The zero-order chi connectivity index (χ0) is 21.0. The van der Waals surface area contributed by atoms with Crippen LogP contribution >= 0.6 is 0 Å². The predicted octanol–water partition coefficient (Wildman–Crippen LogP) is 4.18. The third kappa shape index (κ3) is 4.77. The summed E-state index contributed by atoms with van der Waals surface area (Å²) in [5.74, 6) is -0.532. The van der Waals surface area contributed by atoms with Gasteiger partial charge in [-0.15, -0.1) is 0 Å². The summed E-state index contributed by atoms with van der Waals surface area (Å²) in [6.45, 7) is 1.75. The minimum absolute atomic E-state index is 0.148. The molecule has 0 aliphatic heterocycles. The number of benzene rings is 2. The first-order valence-corrected chi connectivity index (χ1v) is 9.06. The van der Waals surface area contributed by atoms with Crippen molar-refractivity contribution < 1.29 is 22.8 Å². The number of aryl methyl sites for hydroxylation is 1. The molecule has 0 aliphatic carbocycles. The van der Waals surface area contributed by atoms with Gasteiger partial charge in [-0.3, -0.25) is 4.79 Å². The lowest BCUT2D eigenvalue weighted by atomic mass is 10.1. The standard InChI is InChI=1S/C21H21F2N3O3/c1-13(15-6-9-17(22)18(23)12-15)26(2)20(27)11-10-19-24-21(25-29-19)14-4-7-16(28-3)8-5-14/h4-9,12-13H,10-11H2,1-3H3. The largest absolute Gasteiger partial charge is 0.497 e. The second kappa shape index (κ2) is 8.81. The van der Waals surface area contributed by atoms with E-state index in [2.05, 4.69) is 10.1 Å². The fourth-order valence-corrected chi connectivity index (χ4v) is 2.82. The molecule has 0 bridgehead atoms. The maximum atomic E-state index is 13.4. The van der Waals surface area contributed by atoms with E-state index in [1.54, 1.807) is 33.2 Å². The normalized spacial score (nSPS) is 11.9. The number of carbonyl (C=O) groups is 1. The molecule has 0 spiro atoms. The highest BCUT2D eigenvalue weighted by molar-refractivity contribution is 5.76. The molecule has 0 N–H and O–H groups in total. The van der Waals surface area contributed by atoms with Gasteiger partial charge in [-0.1, -0.05) is 11.2 Å². The van der Waals surface area contributed by atoms with E-state index in [-0.39, 0.29) is 18.7 Å². The van der Waals surface area contributed by atoms with Crippen LogP contribution in [0.2, 0.25) is 0 Å². The summed E-state index contributed by atoms with van der Waals surface area (Å²) in [5.41, 5.74) is 1.29. The molecule has 6 nitrogen and oxygen atoms in total. The number of amides is 1. The maximum Gasteiger partial charge on any atom is 0.227 e. The summed E-state index contributed by atoms with van der Waals surface area (Å²) in [6, 6.07) is 10.4. The highest BCUT2D eigenvalue weighted by Crippen LogP contribution is 2.23. The van der Waals surface area contributed by atoms with Crippen LogP contribution in [0.1, 0.15) is 30.8 Å². The van der Waals surface area contributed by atoms with Crippen molar-refractivity contribution in [2.24, 2.45) is 0 Å². The third-order valence-electron chi connectivity index (χ3n) is 4.77. The van der Waals surface area contributed by atoms with Gasteiger partial charge in [-0.25, -0.2) is 8.78 Å². The smallest absolute Gasteiger partial charge is 0.227 e. The molecule has 1 heterocycles. The van der Waals surface area contributed by atoms with Crippen LogP contribution in [0.25, 0.3) is 11.4 Å². The summed E-state index contributed by atoms with van der Waals surface area (Å²) >= 11 is 0. The molecule has 29 heavy (non-hydrogen) atoms. The van der Waals surface area contributed by atoms with Crippen molar-refractivity contribution in [1.82, 2.24) is 15.0 Å². The van der Waals surface area contributed by atoms with Gasteiger partial charge in [0.1, 0.15) is 5.75 Å². The van der Waals surface area contributed by atoms with E-state index in [9.17, 15) is 13.6 Å². The van der Waals surface area contributed by atoms with Crippen molar-refractivity contribution >= 4 is 5.91 Å². The van der Waals surface area contributed by atoms with Gasteiger partial charge in [0, 0.05) is 25.5 Å². The number of halogens is 2. The van der Waals surface area contributed by atoms with Crippen molar-refractivity contribution in [2.45, 2.75) is 25.8 Å². The molecule has 0 aliphatic rings. The van der Waals surface area contributed by atoms with Gasteiger partial charge in [0.15, 0.2) is 11.6 Å². The molecule has 0 saturated heterocycles. The summed E-state index contributed by atoms with van der Waals surface area (Å²) < 4.78 is 36.9. The molecule has 3 rings (SSSR count). The molecule has 0 saturated carbocycles. The third-order valence-corrected chi connectivity index (χ3v) is 4.77. The number of carbonyl (C=O) groups excluding carboxylic acids is 1. The highest BCUT2D eigenvalue weighted by Gasteiger charge is 2.20. The molecular formula is C21H21F2N3O3. The van der Waals surface area contributed by atoms with E-state index < -0.39 is 17.7 Å². The van der Waals surface area contributed by atoms with Crippen LogP contribution in [0.3, 0.4) is 0 Å². The van der Waals surface area contributed by atoms with Crippen molar-refractivity contribution in [3.8, 4) is 17.1 Å². The van der Waals surface area contributed by atoms with E-state index in [1.165, 1.54) is 11.0 Å². The van der Waals surface area contributed by atoms with E-state index in [0.717, 1.165) is 23.4 Å². The Hall–Kier alpha value is -3.29. The minimum Gasteiger partial charge on any atom is -0.497 e. The first-order valence-electron chi connectivity index (χ1n) is 9.06. The SMILES string of the molecule is COc1ccc(-c2noc(CCC(=O)N(C)C(C)c3ccc(F)c(F)c3)n2)cc1. The van der Waals surface area contributed by atoms with E-state index in [0.29, 0.717) is 17.3 Å². The Morgan fingerprint density at radius 1 is 1.17 bits per heavy atom. The van der Waals surface area contributed by atoms with Gasteiger partial charge in [-0.2, -0.15) is 4.98 Å². The Morgan fingerprint density at radius 3 is 2.55 bits per heavy atom. The maximum absolute atomic E-state index is 13.4. The van der Waals surface area contributed by atoms with Crippen molar-refractivity contribution in [1.29, 1.82) is 0 Å². The van der Waals surface area contributed by atoms with E-state index >= 15 is 0 Å². The lowest BCUT2D eigenvalue weighted by Crippen LogP contribution is -2.30. The van der Waals surface area contributed by atoms with Crippen LogP contribution in [0.5, 0.6) is 5.75 Å². The lowest BCUT2D eigenvalue weighted by molar-refractivity contribution is -0.131. The van der Waals surface area contributed by atoms with Gasteiger partial charge >= 0.3 is 0 Å². The Bertz CT molecular complexity index is 989. The zero-order valence-electron chi connectivity index (χ0n) is 16.4. The monoisotopic (exact) mass is 401 g/mol. The Morgan fingerprint density at radius 2 is 1.90 bits per heavy atom. The summed E-state index contributed by atoms with van der Waals surface area (Å²) in [6.07, 6.45) is 0.422. The van der Waals surface area contributed by atoms with Gasteiger partial charge in [0.2, 0.25) is 17.6 Å². The Kier molecular flexibility index (Phi) is 6.21. The van der Waals surface area contributed by atoms with Crippen LogP contribution < -0.4 is 4.74 Å². The highest BCUT2D eigenvalue weighted by atomic mass is 19.2. The number of aromatic nitrogens is 2. The van der Waals surface area contributed by atoms with Crippen molar-refractivity contribution in [2.75, 3.05) is 14.2 Å². The summed E-state index contributed by atoms with van der Waals surface area (Å²) in [4.78, 5) is 18.3. The second-order valence-corrected chi connectivity index (χ2v) is 6.59. The van der Waals surface area contributed by atoms with Crippen molar-refractivity contribution in [3.05, 3.63) is 65.6 Å². The molecule has 1 amide bonds. The summed E-state index contributed by atoms with van der Waals surface area (Å²) in [5, 5.41) is 3.94. The summed E-state index contributed by atoms with van der Waals surface area (Å²) in [7, 11) is 3.20. The number of methoxy groups -OCH3 is 1. The van der Waals surface area contributed by atoms with Crippen molar-refractivity contribution in [3.63, 3.8) is 0 Å². The molecule has 1 unspecified atom stereocenters. The zero-order valence-corrected chi connectivity index (χ0v) is 16.4. The number of nitrogens with zero attached hydrogens (tertiary/aromatic N) is 3. The van der Waals surface area contributed by atoms with E-state index in [4.69, 9.17) is 9.26 Å². The predicted molar refractivity (Wildman–Crippen MR) is 102 cm³/mol. The number of ether oxygens (including phenoxy) is 1.